The third-order valence-corrected chi connectivity index (χ3v) is 4.95. The van der Waals surface area contributed by atoms with Crippen LogP contribution in [0.4, 0.5) is 0 Å². The zero-order chi connectivity index (χ0) is 16.1. The Labute approximate surface area is 159 Å². The second kappa shape index (κ2) is 15.6. The number of hydrogen-bond acceptors (Lipinski definition) is 4. The number of rotatable bonds is 14. The van der Waals surface area contributed by atoms with Crippen molar-refractivity contribution < 1.29 is 48.1 Å². The Morgan fingerprint density at radius 2 is 1.23 bits per heavy atom. The van der Waals surface area contributed by atoms with E-state index >= 15 is 0 Å². The first kappa shape index (κ1) is 25.4. The second-order valence-electron chi connectivity index (χ2n) is 5.87. The largest absolute Gasteiger partial charge is 1.00 e. The zero-order valence-corrected chi connectivity index (χ0v) is 18.2. The minimum atomic E-state index is -4.14. The molecule has 22 heavy (non-hydrogen) atoms. The van der Waals surface area contributed by atoms with Gasteiger partial charge in [-0.2, -0.15) is 0 Å². The predicted molar refractivity (Wildman–Crippen MR) is 86.1 cm³/mol. The second-order valence-corrected chi connectivity index (χ2v) is 7.28. The van der Waals surface area contributed by atoms with E-state index in [0.29, 0.717) is 11.8 Å². The molecule has 0 bridgehead atoms. The molecule has 0 saturated carbocycles. The Balaban J connectivity index is 0. The maximum atomic E-state index is 11.8. The van der Waals surface area contributed by atoms with Crippen molar-refractivity contribution in [3.8, 4) is 0 Å². The van der Waals surface area contributed by atoms with Crippen molar-refractivity contribution in [3.63, 3.8) is 0 Å². The van der Waals surface area contributed by atoms with Crippen LogP contribution in [0.15, 0.2) is 0 Å². The number of hydrogen-bond donors (Lipinski definition) is 0. The van der Waals surface area contributed by atoms with E-state index in [-0.39, 0.29) is 42.8 Å². The Kier molecular flexibility index (Phi) is 18.0. The van der Waals surface area contributed by atoms with Crippen molar-refractivity contribution in [2.75, 3.05) is 13.2 Å². The van der Waals surface area contributed by atoms with Gasteiger partial charge in [-0.05, 0) is 24.7 Å². The Bertz CT molecular complexity index is 265. The number of phosphoric acid groups is 1. The molecule has 0 radical (unpaired) electrons. The van der Waals surface area contributed by atoms with E-state index in [1.54, 1.807) is 0 Å². The van der Waals surface area contributed by atoms with E-state index < -0.39 is 7.82 Å². The van der Waals surface area contributed by atoms with Gasteiger partial charge in [0.05, 0.1) is 13.2 Å². The summed E-state index contributed by atoms with van der Waals surface area (Å²) in [6.45, 7) is 8.91. The van der Waals surface area contributed by atoms with E-state index in [1.165, 1.54) is 0 Å². The smallest absolute Gasteiger partial charge is 0.756 e. The molecule has 0 heterocycles. The van der Waals surface area contributed by atoms with Crippen molar-refractivity contribution >= 4 is 7.82 Å². The summed E-state index contributed by atoms with van der Waals surface area (Å²) in [4.78, 5) is 11.8. The Hall–Kier alpha value is 1.11. The standard InChI is InChI=1S/C16H35O4P.Na/c1-5-9-11-15(7-3)13-19-21(17,18)20-14-16(8-4)12-10-6-2;/h15-16H,5-14H2,1-4H3,(H,17,18);/q;+1/p-1. The zero-order valence-electron chi connectivity index (χ0n) is 15.3. The van der Waals surface area contributed by atoms with E-state index in [9.17, 15) is 9.46 Å². The third-order valence-electron chi connectivity index (χ3n) is 4.02. The topological polar surface area (TPSA) is 58.6 Å². The van der Waals surface area contributed by atoms with Crippen LogP contribution in [0.25, 0.3) is 0 Å². The Morgan fingerprint density at radius 3 is 1.50 bits per heavy atom. The summed E-state index contributed by atoms with van der Waals surface area (Å²) in [5.41, 5.74) is 0. The van der Waals surface area contributed by atoms with Gasteiger partial charge in [0.15, 0.2) is 0 Å². The molecule has 128 valence electrons. The van der Waals surface area contributed by atoms with Gasteiger partial charge >= 0.3 is 29.6 Å². The van der Waals surface area contributed by atoms with E-state index in [0.717, 1.165) is 51.4 Å². The fraction of sp³-hybridized carbons (Fsp3) is 1.00. The minimum Gasteiger partial charge on any atom is -0.756 e. The van der Waals surface area contributed by atoms with Crippen molar-refractivity contribution in [2.24, 2.45) is 11.8 Å². The van der Waals surface area contributed by atoms with Crippen LogP contribution in [0.2, 0.25) is 0 Å². The van der Waals surface area contributed by atoms with Gasteiger partial charge in [-0.15, -0.1) is 0 Å². The summed E-state index contributed by atoms with van der Waals surface area (Å²) >= 11 is 0. The molecular weight excluding hydrogens is 310 g/mol. The summed E-state index contributed by atoms with van der Waals surface area (Å²) in [5, 5.41) is 0. The molecule has 0 N–H and O–H groups in total. The summed E-state index contributed by atoms with van der Waals surface area (Å²) < 4.78 is 21.9. The predicted octanol–water partition coefficient (Wildman–Crippen LogP) is 1.92. The average molecular weight is 344 g/mol. The van der Waals surface area contributed by atoms with E-state index in [2.05, 4.69) is 27.7 Å². The summed E-state index contributed by atoms with van der Waals surface area (Å²) in [6, 6.07) is 0. The van der Waals surface area contributed by atoms with Gasteiger partial charge in [-0.1, -0.05) is 66.2 Å². The van der Waals surface area contributed by atoms with Gasteiger partial charge < -0.3 is 13.9 Å². The first-order chi connectivity index (χ1) is 9.99. The van der Waals surface area contributed by atoms with Crippen LogP contribution in [0.3, 0.4) is 0 Å². The minimum absolute atomic E-state index is 0. The molecule has 0 aromatic heterocycles. The molecule has 0 rings (SSSR count). The fourth-order valence-electron chi connectivity index (χ4n) is 2.23. The van der Waals surface area contributed by atoms with E-state index in [4.69, 9.17) is 9.05 Å². The van der Waals surface area contributed by atoms with Crippen LogP contribution in [-0.4, -0.2) is 13.2 Å². The molecular formula is C16H34NaO4P. The molecule has 0 amide bonds. The Morgan fingerprint density at radius 1 is 0.864 bits per heavy atom. The molecule has 0 aliphatic carbocycles. The van der Waals surface area contributed by atoms with Gasteiger partial charge in [0.1, 0.15) is 0 Å². The number of unbranched alkanes of at least 4 members (excludes halogenated alkanes) is 2. The van der Waals surface area contributed by atoms with Crippen LogP contribution in [0.5, 0.6) is 0 Å². The molecule has 0 saturated heterocycles. The third kappa shape index (κ3) is 13.5. The maximum Gasteiger partial charge on any atom is 1.00 e. The van der Waals surface area contributed by atoms with Crippen LogP contribution < -0.4 is 34.5 Å². The molecule has 4 nitrogen and oxygen atoms in total. The number of phosphoric ester groups is 1. The molecule has 0 aliphatic rings. The first-order valence-electron chi connectivity index (χ1n) is 8.59. The van der Waals surface area contributed by atoms with Gasteiger partial charge in [-0.25, -0.2) is 0 Å². The molecule has 0 fully saturated rings. The molecule has 0 aliphatic heterocycles. The van der Waals surface area contributed by atoms with Crippen molar-refractivity contribution in [1.29, 1.82) is 0 Å². The van der Waals surface area contributed by atoms with Gasteiger partial charge in [-0.3, -0.25) is 4.57 Å². The van der Waals surface area contributed by atoms with Crippen LogP contribution in [0, 0.1) is 11.8 Å². The molecule has 2 atom stereocenters. The quantitative estimate of drug-likeness (QED) is 0.357. The van der Waals surface area contributed by atoms with Gasteiger partial charge in [0, 0.05) is 0 Å². The molecule has 2 unspecified atom stereocenters. The van der Waals surface area contributed by atoms with Crippen LogP contribution >= 0.6 is 7.82 Å². The average Bonchev–Trinajstić information content (AvgIpc) is 2.47. The first-order valence-corrected chi connectivity index (χ1v) is 10.0. The van der Waals surface area contributed by atoms with Crippen LogP contribution in [-0.2, 0) is 13.6 Å². The maximum absolute atomic E-state index is 11.8. The van der Waals surface area contributed by atoms with Crippen LogP contribution in [0.1, 0.15) is 79.1 Å². The molecule has 0 spiro atoms. The van der Waals surface area contributed by atoms with Crippen molar-refractivity contribution in [3.05, 3.63) is 0 Å². The van der Waals surface area contributed by atoms with Crippen molar-refractivity contribution in [2.45, 2.75) is 79.1 Å². The molecule has 0 aromatic carbocycles. The molecule has 0 aromatic rings. The monoisotopic (exact) mass is 344 g/mol. The van der Waals surface area contributed by atoms with Gasteiger partial charge in [0.2, 0.25) is 0 Å². The van der Waals surface area contributed by atoms with E-state index in [1.807, 2.05) is 0 Å². The summed E-state index contributed by atoms with van der Waals surface area (Å²) in [5.74, 6) is 0.607. The molecule has 6 heteroatoms. The normalized spacial score (nSPS) is 16.6. The summed E-state index contributed by atoms with van der Waals surface area (Å²) in [7, 11) is -4.14. The summed E-state index contributed by atoms with van der Waals surface area (Å²) in [6.07, 6.45) is 8.38. The van der Waals surface area contributed by atoms with Gasteiger partial charge in [0.25, 0.3) is 7.82 Å². The SMILES string of the molecule is CCCCC(CC)COP(=O)([O-])OCC(CC)CCCC.[Na+]. The van der Waals surface area contributed by atoms with Crippen molar-refractivity contribution in [1.82, 2.24) is 0 Å². The fourth-order valence-corrected chi connectivity index (χ4v) is 3.09.